The van der Waals surface area contributed by atoms with Gasteiger partial charge in [-0.2, -0.15) is 0 Å². The SMILES string of the molecule is CC1CCN(C(C)c2c(O)cccc2O)C(C)C1. The first-order valence-corrected chi connectivity index (χ1v) is 6.77. The van der Waals surface area contributed by atoms with Gasteiger partial charge in [-0.15, -0.1) is 0 Å². The fourth-order valence-electron chi connectivity index (χ4n) is 3.14. The predicted molar refractivity (Wildman–Crippen MR) is 72.8 cm³/mol. The molecule has 0 aliphatic carbocycles. The lowest BCUT2D eigenvalue weighted by Gasteiger charge is -2.40. The topological polar surface area (TPSA) is 43.7 Å². The summed E-state index contributed by atoms with van der Waals surface area (Å²) in [7, 11) is 0. The number of phenols is 2. The molecule has 1 aliphatic heterocycles. The molecule has 3 heteroatoms. The Labute approximate surface area is 109 Å². The van der Waals surface area contributed by atoms with Crippen molar-refractivity contribution in [1.82, 2.24) is 4.90 Å². The number of likely N-dealkylation sites (tertiary alicyclic amines) is 1. The van der Waals surface area contributed by atoms with Gasteiger partial charge in [0.25, 0.3) is 0 Å². The number of phenolic OH excluding ortho intramolecular Hbond substituents is 2. The van der Waals surface area contributed by atoms with E-state index in [0.29, 0.717) is 11.6 Å². The molecule has 2 N–H and O–H groups in total. The van der Waals surface area contributed by atoms with E-state index in [9.17, 15) is 10.2 Å². The van der Waals surface area contributed by atoms with Crippen LogP contribution in [0.25, 0.3) is 0 Å². The van der Waals surface area contributed by atoms with Crippen LogP contribution in [-0.2, 0) is 0 Å². The molecule has 3 nitrogen and oxygen atoms in total. The van der Waals surface area contributed by atoms with E-state index >= 15 is 0 Å². The van der Waals surface area contributed by atoms with Crippen LogP contribution < -0.4 is 0 Å². The molecule has 1 fully saturated rings. The monoisotopic (exact) mass is 249 g/mol. The van der Waals surface area contributed by atoms with Gasteiger partial charge in [0, 0.05) is 12.1 Å². The first-order chi connectivity index (χ1) is 8.50. The maximum atomic E-state index is 9.94. The molecule has 1 heterocycles. The Bertz CT molecular complexity index is 399. The van der Waals surface area contributed by atoms with E-state index in [2.05, 4.69) is 25.7 Å². The van der Waals surface area contributed by atoms with Gasteiger partial charge >= 0.3 is 0 Å². The molecule has 0 bridgehead atoms. The predicted octanol–water partition coefficient (Wildman–Crippen LogP) is 3.28. The number of hydrogen-bond donors (Lipinski definition) is 2. The number of rotatable bonds is 2. The summed E-state index contributed by atoms with van der Waals surface area (Å²) in [5.41, 5.74) is 0.652. The Balaban J connectivity index is 2.23. The third kappa shape index (κ3) is 2.46. The van der Waals surface area contributed by atoms with Crippen LogP contribution in [0, 0.1) is 5.92 Å². The van der Waals surface area contributed by atoms with Gasteiger partial charge in [-0.25, -0.2) is 0 Å². The van der Waals surface area contributed by atoms with E-state index in [1.165, 1.54) is 12.8 Å². The Kier molecular flexibility index (Phi) is 3.81. The second-order valence-corrected chi connectivity index (χ2v) is 5.60. The largest absolute Gasteiger partial charge is 0.507 e. The Morgan fingerprint density at radius 2 is 1.83 bits per heavy atom. The first-order valence-electron chi connectivity index (χ1n) is 6.77. The lowest BCUT2D eigenvalue weighted by Crippen LogP contribution is -2.41. The number of benzene rings is 1. The van der Waals surface area contributed by atoms with E-state index in [1.807, 2.05) is 0 Å². The number of aromatic hydroxyl groups is 2. The Morgan fingerprint density at radius 1 is 1.22 bits per heavy atom. The summed E-state index contributed by atoms with van der Waals surface area (Å²) in [6.45, 7) is 7.59. The third-order valence-electron chi connectivity index (χ3n) is 4.17. The van der Waals surface area contributed by atoms with Crippen LogP contribution in [-0.4, -0.2) is 27.7 Å². The molecule has 0 spiro atoms. The van der Waals surface area contributed by atoms with Gasteiger partial charge in [0.05, 0.1) is 5.56 Å². The second-order valence-electron chi connectivity index (χ2n) is 5.60. The van der Waals surface area contributed by atoms with Crippen molar-refractivity contribution in [3.63, 3.8) is 0 Å². The van der Waals surface area contributed by atoms with Gasteiger partial charge in [0.15, 0.2) is 0 Å². The summed E-state index contributed by atoms with van der Waals surface area (Å²) < 4.78 is 0. The van der Waals surface area contributed by atoms with Gasteiger partial charge < -0.3 is 10.2 Å². The van der Waals surface area contributed by atoms with Gasteiger partial charge in [-0.3, -0.25) is 4.90 Å². The van der Waals surface area contributed by atoms with Crippen molar-refractivity contribution in [2.75, 3.05) is 6.54 Å². The molecule has 1 saturated heterocycles. The summed E-state index contributed by atoms with van der Waals surface area (Å²) >= 11 is 0. The number of piperidine rings is 1. The van der Waals surface area contributed by atoms with Crippen molar-refractivity contribution < 1.29 is 10.2 Å². The zero-order chi connectivity index (χ0) is 13.3. The van der Waals surface area contributed by atoms with E-state index < -0.39 is 0 Å². The maximum Gasteiger partial charge on any atom is 0.124 e. The van der Waals surface area contributed by atoms with Crippen molar-refractivity contribution in [1.29, 1.82) is 0 Å². The standard InChI is InChI=1S/C15H23NO2/c1-10-7-8-16(11(2)9-10)12(3)15-13(17)5-4-6-14(15)18/h4-6,10-12,17-18H,7-9H2,1-3H3. The quantitative estimate of drug-likeness (QED) is 0.845. The van der Waals surface area contributed by atoms with Crippen LogP contribution in [0.2, 0.25) is 0 Å². The molecule has 2 rings (SSSR count). The van der Waals surface area contributed by atoms with Crippen LogP contribution in [0.5, 0.6) is 11.5 Å². The molecule has 1 aliphatic rings. The van der Waals surface area contributed by atoms with Gasteiger partial charge in [-0.05, 0) is 51.3 Å². The van der Waals surface area contributed by atoms with E-state index in [4.69, 9.17) is 0 Å². The van der Waals surface area contributed by atoms with Crippen molar-refractivity contribution >= 4 is 0 Å². The minimum atomic E-state index is 0.0497. The van der Waals surface area contributed by atoms with Crippen molar-refractivity contribution in [2.24, 2.45) is 5.92 Å². The molecule has 3 atom stereocenters. The highest BCUT2D eigenvalue weighted by Crippen LogP contribution is 2.38. The number of hydrogen-bond acceptors (Lipinski definition) is 3. The normalized spacial score (nSPS) is 27.1. The lowest BCUT2D eigenvalue weighted by molar-refractivity contribution is 0.0871. The zero-order valence-corrected chi connectivity index (χ0v) is 11.4. The van der Waals surface area contributed by atoms with Gasteiger partial charge in [0.1, 0.15) is 11.5 Å². The van der Waals surface area contributed by atoms with E-state index in [0.717, 1.165) is 12.5 Å². The third-order valence-corrected chi connectivity index (χ3v) is 4.17. The van der Waals surface area contributed by atoms with Crippen molar-refractivity contribution in [2.45, 2.75) is 45.7 Å². The average Bonchev–Trinajstić information content (AvgIpc) is 2.28. The zero-order valence-electron chi connectivity index (χ0n) is 11.4. The second kappa shape index (κ2) is 5.19. The smallest absolute Gasteiger partial charge is 0.124 e. The molecule has 1 aromatic rings. The highest BCUT2D eigenvalue weighted by molar-refractivity contribution is 5.45. The molecule has 1 aromatic carbocycles. The molecule has 0 amide bonds. The molecule has 100 valence electrons. The van der Waals surface area contributed by atoms with Crippen LogP contribution in [0.1, 0.15) is 45.2 Å². The van der Waals surface area contributed by atoms with E-state index in [-0.39, 0.29) is 17.5 Å². The highest BCUT2D eigenvalue weighted by Gasteiger charge is 2.29. The summed E-state index contributed by atoms with van der Waals surface area (Å²) in [6.07, 6.45) is 2.36. The fourth-order valence-corrected chi connectivity index (χ4v) is 3.14. The molecular formula is C15H23NO2. The summed E-state index contributed by atoms with van der Waals surface area (Å²) in [5, 5.41) is 19.9. The molecular weight excluding hydrogens is 226 g/mol. The van der Waals surface area contributed by atoms with Crippen LogP contribution in [0.4, 0.5) is 0 Å². The Morgan fingerprint density at radius 3 is 2.39 bits per heavy atom. The number of nitrogens with zero attached hydrogens (tertiary/aromatic N) is 1. The fraction of sp³-hybridized carbons (Fsp3) is 0.600. The van der Waals surface area contributed by atoms with E-state index in [1.54, 1.807) is 18.2 Å². The molecule has 0 saturated carbocycles. The van der Waals surface area contributed by atoms with Crippen molar-refractivity contribution in [3.05, 3.63) is 23.8 Å². The van der Waals surface area contributed by atoms with Crippen LogP contribution in [0.15, 0.2) is 18.2 Å². The van der Waals surface area contributed by atoms with Crippen LogP contribution in [0.3, 0.4) is 0 Å². The molecule has 3 unspecified atom stereocenters. The molecule has 0 radical (unpaired) electrons. The molecule has 18 heavy (non-hydrogen) atoms. The lowest BCUT2D eigenvalue weighted by atomic mass is 9.90. The van der Waals surface area contributed by atoms with Gasteiger partial charge in [-0.1, -0.05) is 13.0 Å². The minimum absolute atomic E-state index is 0.0497. The summed E-state index contributed by atoms with van der Waals surface area (Å²) in [5.74, 6) is 1.14. The highest BCUT2D eigenvalue weighted by atomic mass is 16.3. The van der Waals surface area contributed by atoms with Gasteiger partial charge in [0.2, 0.25) is 0 Å². The summed E-state index contributed by atoms with van der Waals surface area (Å²) in [4.78, 5) is 2.37. The minimum Gasteiger partial charge on any atom is -0.507 e. The first kappa shape index (κ1) is 13.2. The summed E-state index contributed by atoms with van der Waals surface area (Å²) in [6, 6.07) is 5.49. The maximum absolute atomic E-state index is 9.94. The van der Waals surface area contributed by atoms with Crippen LogP contribution >= 0.6 is 0 Å². The molecule has 0 aromatic heterocycles. The Hall–Kier alpha value is -1.22. The van der Waals surface area contributed by atoms with Crippen molar-refractivity contribution in [3.8, 4) is 11.5 Å². The average molecular weight is 249 g/mol.